The second-order valence-corrected chi connectivity index (χ2v) is 3.90. The molecule has 0 aliphatic rings. The molecule has 0 atom stereocenters. The van der Waals surface area contributed by atoms with Gasteiger partial charge in [0.15, 0.2) is 0 Å². The van der Waals surface area contributed by atoms with Gasteiger partial charge in [-0.3, -0.25) is 0 Å². The van der Waals surface area contributed by atoms with Gasteiger partial charge in [-0.05, 0) is 24.3 Å². The van der Waals surface area contributed by atoms with Crippen LogP contribution in [0.4, 0.5) is 0 Å². The summed E-state index contributed by atoms with van der Waals surface area (Å²) in [5.74, 6) is -0.720. The lowest BCUT2D eigenvalue weighted by Gasteiger charge is -2.07. The van der Waals surface area contributed by atoms with Crippen LogP contribution in [0.15, 0.2) is 36.5 Å². The first-order valence-corrected chi connectivity index (χ1v) is 5.55. The molecule has 1 N–H and O–H groups in total. The van der Waals surface area contributed by atoms with Crippen molar-refractivity contribution in [1.29, 1.82) is 5.26 Å². The first kappa shape index (κ1) is 12.9. The van der Waals surface area contributed by atoms with Crippen LogP contribution >= 0.6 is 11.6 Å². The highest BCUT2D eigenvalue weighted by Crippen LogP contribution is 2.29. The van der Waals surface area contributed by atoms with E-state index in [0.717, 1.165) is 0 Å². The monoisotopic (exact) mass is 274 g/mol. The highest BCUT2D eigenvalue weighted by molar-refractivity contribution is 6.33. The van der Waals surface area contributed by atoms with E-state index in [2.05, 4.69) is 4.98 Å². The van der Waals surface area contributed by atoms with Crippen LogP contribution in [0.2, 0.25) is 5.02 Å². The molecule has 0 spiro atoms. The minimum Gasteiger partial charge on any atom is -0.478 e. The molecule has 1 heterocycles. The summed E-state index contributed by atoms with van der Waals surface area (Å²) in [5.41, 5.74) is 0.325. The van der Waals surface area contributed by atoms with Gasteiger partial charge in [0, 0.05) is 6.20 Å². The smallest absolute Gasteiger partial charge is 0.335 e. The van der Waals surface area contributed by atoms with Crippen LogP contribution in [0.25, 0.3) is 0 Å². The van der Waals surface area contributed by atoms with E-state index >= 15 is 0 Å². The molecule has 1 aromatic carbocycles. The lowest BCUT2D eigenvalue weighted by molar-refractivity contribution is 0.0696. The molecule has 94 valence electrons. The van der Waals surface area contributed by atoms with E-state index in [-0.39, 0.29) is 27.8 Å². The Morgan fingerprint density at radius 1 is 1.42 bits per heavy atom. The predicted molar refractivity (Wildman–Crippen MR) is 67.4 cm³/mol. The molecule has 19 heavy (non-hydrogen) atoms. The molecule has 0 unspecified atom stereocenters. The highest BCUT2D eigenvalue weighted by Gasteiger charge is 2.10. The van der Waals surface area contributed by atoms with Crippen LogP contribution in [0.1, 0.15) is 15.9 Å². The largest absolute Gasteiger partial charge is 0.478 e. The van der Waals surface area contributed by atoms with Crippen molar-refractivity contribution in [1.82, 2.24) is 4.98 Å². The van der Waals surface area contributed by atoms with Gasteiger partial charge in [-0.1, -0.05) is 17.7 Å². The Kier molecular flexibility index (Phi) is 3.64. The third kappa shape index (κ3) is 2.81. The number of hydrogen-bond acceptors (Lipinski definition) is 4. The van der Waals surface area contributed by atoms with E-state index in [1.54, 1.807) is 12.1 Å². The highest BCUT2D eigenvalue weighted by atomic mass is 35.5. The summed E-state index contributed by atoms with van der Waals surface area (Å²) >= 11 is 5.93. The van der Waals surface area contributed by atoms with Crippen molar-refractivity contribution in [3.8, 4) is 17.7 Å². The summed E-state index contributed by atoms with van der Waals surface area (Å²) in [6, 6.07) is 9.27. The van der Waals surface area contributed by atoms with Gasteiger partial charge in [-0.25, -0.2) is 9.78 Å². The molecule has 0 saturated carbocycles. The van der Waals surface area contributed by atoms with E-state index < -0.39 is 5.97 Å². The van der Waals surface area contributed by atoms with Crippen molar-refractivity contribution >= 4 is 17.6 Å². The minimum atomic E-state index is -1.06. The number of carboxylic acids is 1. The number of halogens is 1. The van der Waals surface area contributed by atoms with Crippen LogP contribution in [0.5, 0.6) is 11.6 Å². The minimum absolute atomic E-state index is 0.0586. The van der Waals surface area contributed by atoms with Crippen LogP contribution in [-0.4, -0.2) is 16.1 Å². The van der Waals surface area contributed by atoms with Crippen molar-refractivity contribution in [2.75, 3.05) is 0 Å². The van der Waals surface area contributed by atoms with Crippen molar-refractivity contribution < 1.29 is 14.6 Å². The lowest BCUT2D eigenvalue weighted by Crippen LogP contribution is -1.97. The molecule has 0 fully saturated rings. The standard InChI is InChI=1S/C13H7ClN2O3/c14-11-9(7-15)4-5-16-12(11)19-10-3-1-2-8(6-10)13(17)18/h1-6H,(H,17,18). The van der Waals surface area contributed by atoms with Crippen molar-refractivity contribution in [3.63, 3.8) is 0 Å². The Bertz CT molecular complexity index is 680. The lowest BCUT2D eigenvalue weighted by atomic mass is 10.2. The number of nitrogens with zero attached hydrogens (tertiary/aromatic N) is 2. The van der Waals surface area contributed by atoms with Gasteiger partial charge < -0.3 is 9.84 Å². The van der Waals surface area contributed by atoms with E-state index in [0.29, 0.717) is 0 Å². The van der Waals surface area contributed by atoms with E-state index in [9.17, 15) is 4.79 Å². The van der Waals surface area contributed by atoms with Gasteiger partial charge in [0.1, 0.15) is 16.8 Å². The Morgan fingerprint density at radius 3 is 2.89 bits per heavy atom. The molecule has 0 radical (unpaired) electrons. The molecule has 2 rings (SSSR count). The first-order valence-electron chi connectivity index (χ1n) is 5.17. The van der Waals surface area contributed by atoms with Crippen LogP contribution in [-0.2, 0) is 0 Å². The normalized spacial score (nSPS) is 9.68. The molecule has 0 saturated heterocycles. The molecule has 0 aliphatic heterocycles. The molecular weight excluding hydrogens is 268 g/mol. The average molecular weight is 275 g/mol. The second kappa shape index (κ2) is 5.38. The van der Waals surface area contributed by atoms with E-state index in [1.807, 2.05) is 6.07 Å². The molecule has 2 aromatic rings. The van der Waals surface area contributed by atoms with E-state index in [1.165, 1.54) is 24.4 Å². The van der Waals surface area contributed by atoms with Gasteiger partial charge in [0.05, 0.1) is 11.1 Å². The Morgan fingerprint density at radius 2 is 2.21 bits per heavy atom. The summed E-state index contributed by atoms with van der Waals surface area (Å²) < 4.78 is 5.38. The Hall–Kier alpha value is -2.58. The van der Waals surface area contributed by atoms with Crippen LogP contribution in [0.3, 0.4) is 0 Å². The van der Waals surface area contributed by atoms with Gasteiger partial charge in [-0.2, -0.15) is 5.26 Å². The molecule has 0 aliphatic carbocycles. The quantitative estimate of drug-likeness (QED) is 0.930. The van der Waals surface area contributed by atoms with Crippen LogP contribution in [0, 0.1) is 11.3 Å². The third-order valence-electron chi connectivity index (χ3n) is 2.27. The van der Waals surface area contributed by atoms with Crippen LogP contribution < -0.4 is 4.74 Å². The fourth-order valence-electron chi connectivity index (χ4n) is 1.39. The maximum atomic E-state index is 10.8. The predicted octanol–water partition coefficient (Wildman–Crippen LogP) is 3.10. The molecule has 6 heteroatoms. The number of pyridine rings is 1. The first-order chi connectivity index (χ1) is 9.11. The number of carbonyl (C=O) groups is 1. The average Bonchev–Trinajstić information content (AvgIpc) is 2.41. The zero-order chi connectivity index (χ0) is 13.8. The maximum absolute atomic E-state index is 10.8. The number of hydrogen-bond donors (Lipinski definition) is 1. The summed E-state index contributed by atoms with van der Waals surface area (Å²) in [5, 5.41) is 17.8. The second-order valence-electron chi connectivity index (χ2n) is 3.52. The summed E-state index contributed by atoms with van der Waals surface area (Å²) in [4.78, 5) is 14.7. The summed E-state index contributed by atoms with van der Waals surface area (Å²) in [7, 11) is 0. The number of aromatic carboxylic acids is 1. The molecule has 5 nitrogen and oxygen atoms in total. The Balaban J connectivity index is 2.34. The van der Waals surface area contributed by atoms with Crippen molar-refractivity contribution in [3.05, 3.63) is 52.7 Å². The SMILES string of the molecule is N#Cc1ccnc(Oc2cccc(C(=O)O)c2)c1Cl. The number of benzene rings is 1. The van der Waals surface area contributed by atoms with Gasteiger partial charge in [0.25, 0.3) is 0 Å². The topological polar surface area (TPSA) is 83.2 Å². The summed E-state index contributed by atoms with van der Waals surface area (Å²) in [6.07, 6.45) is 1.39. The summed E-state index contributed by atoms with van der Waals surface area (Å²) in [6.45, 7) is 0. The number of ether oxygens (including phenoxy) is 1. The van der Waals surface area contributed by atoms with Crippen molar-refractivity contribution in [2.24, 2.45) is 0 Å². The fourth-order valence-corrected chi connectivity index (χ4v) is 1.58. The van der Waals surface area contributed by atoms with Gasteiger partial charge in [0.2, 0.25) is 5.88 Å². The zero-order valence-electron chi connectivity index (χ0n) is 9.50. The number of aromatic nitrogens is 1. The Labute approximate surface area is 113 Å². The fraction of sp³-hybridized carbons (Fsp3) is 0. The third-order valence-corrected chi connectivity index (χ3v) is 2.64. The van der Waals surface area contributed by atoms with Gasteiger partial charge in [-0.15, -0.1) is 0 Å². The number of nitriles is 1. The van der Waals surface area contributed by atoms with Crippen molar-refractivity contribution in [2.45, 2.75) is 0 Å². The molecule has 0 bridgehead atoms. The van der Waals surface area contributed by atoms with Gasteiger partial charge >= 0.3 is 5.97 Å². The van der Waals surface area contributed by atoms with E-state index in [4.69, 9.17) is 26.7 Å². The number of rotatable bonds is 3. The zero-order valence-corrected chi connectivity index (χ0v) is 10.3. The number of carboxylic acid groups (broad SMARTS) is 1. The molecule has 1 aromatic heterocycles. The molecular formula is C13H7ClN2O3. The molecule has 0 amide bonds. The maximum Gasteiger partial charge on any atom is 0.335 e.